The van der Waals surface area contributed by atoms with Crippen LogP contribution in [0.15, 0.2) is 54.6 Å². The summed E-state index contributed by atoms with van der Waals surface area (Å²) in [5.41, 5.74) is 3.45. The lowest BCUT2D eigenvalue weighted by Crippen LogP contribution is -2.05. The maximum Gasteiger partial charge on any atom is 0.0540 e. The normalized spacial score (nSPS) is 12.1. The highest BCUT2D eigenvalue weighted by molar-refractivity contribution is 5.59. The minimum Gasteiger partial charge on any atom is -0.393 e. The molecule has 19 heavy (non-hydrogen) atoms. The molecule has 0 saturated heterocycles. The van der Waals surface area contributed by atoms with Crippen LogP contribution in [-0.2, 0) is 6.42 Å². The molecular formula is C17H21NO. The van der Waals surface area contributed by atoms with Crippen LogP contribution in [0.25, 0.3) is 0 Å². The van der Waals surface area contributed by atoms with Crippen molar-refractivity contribution in [1.29, 1.82) is 0 Å². The first-order valence-corrected chi connectivity index (χ1v) is 6.87. The minimum atomic E-state index is -0.179. The van der Waals surface area contributed by atoms with Crippen molar-refractivity contribution < 1.29 is 5.11 Å². The number of aryl methyl sites for hydroxylation is 1. The number of aliphatic hydroxyl groups excluding tert-OH is 1. The zero-order chi connectivity index (χ0) is 13.5. The number of aliphatic hydroxyl groups is 1. The topological polar surface area (TPSA) is 32.3 Å². The molecule has 0 spiro atoms. The molecule has 2 heteroatoms. The molecule has 0 bridgehead atoms. The summed E-state index contributed by atoms with van der Waals surface area (Å²) in [7, 11) is 0. The molecule has 0 aliphatic carbocycles. The fourth-order valence-corrected chi connectivity index (χ4v) is 1.98. The van der Waals surface area contributed by atoms with E-state index in [1.807, 2.05) is 37.3 Å². The van der Waals surface area contributed by atoms with Gasteiger partial charge >= 0.3 is 0 Å². The van der Waals surface area contributed by atoms with Crippen LogP contribution in [0.2, 0.25) is 0 Å². The molecule has 0 aromatic heterocycles. The van der Waals surface area contributed by atoms with E-state index in [1.165, 1.54) is 5.56 Å². The van der Waals surface area contributed by atoms with Gasteiger partial charge in [-0.05, 0) is 49.1 Å². The summed E-state index contributed by atoms with van der Waals surface area (Å²) < 4.78 is 0. The van der Waals surface area contributed by atoms with Crippen molar-refractivity contribution in [2.24, 2.45) is 0 Å². The van der Waals surface area contributed by atoms with Crippen LogP contribution in [0, 0.1) is 0 Å². The molecule has 0 radical (unpaired) electrons. The molecule has 0 aliphatic heterocycles. The van der Waals surface area contributed by atoms with E-state index < -0.39 is 0 Å². The van der Waals surface area contributed by atoms with Crippen molar-refractivity contribution in [3.8, 4) is 0 Å². The molecule has 2 aromatic rings. The average Bonchev–Trinajstić information content (AvgIpc) is 2.47. The van der Waals surface area contributed by atoms with Crippen molar-refractivity contribution in [2.45, 2.75) is 32.3 Å². The predicted molar refractivity (Wildman–Crippen MR) is 80.8 cm³/mol. The van der Waals surface area contributed by atoms with Crippen molar-refractivity contribution in [3.63, 3.8) is 0 Å². The summed E-state index contributed by atoms with van der Waals surface area (Å²) in [5.74, 6) is 0. The maximum atomic E-state index is 9.56. The number of nitrogens with one attached hydrogen (secondary N) is 1. The largest absolute Gasteiger partial charge is 0.393 e. The number of anilines is 2. The van der Waals surface area contributed by atoms with E-state index in [0.717, 1.165) is 30.6 Å². The Kier molecular flexibility index (Phi) is 4.99. The number of rotatable bonds is 6. The summed E-state index contributed by atoms with van der Waals surface area (Å²) in [4.78, 5) is 0. The molecule has 1 atom stereocenters. The predicted octanol–water partition coefficient (Wildman–Crippen LogP) is 4.13. The third-order valence-corrected chi connectivity index (χ3v) is 3.25. The Labute approximate surface area is 115 Å². The van der Waals surface area contributed by atoms with Crippen LogP contribution in [0.3, 0.4) is 0 Å². The van der Waals surface area contributed by atoms with E-state index >= 15 is 0 Å². The zero-order valence-corrected chi connectivity index (χ0v) is 11.3. The standard InChI is InChI=1S/C17H21NO/c1-2-17(19)13-10-14-8-11-16(12-9-14)18-15-6-4-3-5-7-15/h3-9,11-12,17-19H,2,10,13H2,1H3. The van der Waals surface area contributed by atoms with Gasteiger partial charge in [-0.2, -0.15) is 0 Å². The average molecular weight is 255 g/mol. The van der Waals surface area contributed by atoms with Crippen LogP contribution in [0.1, 0.15) is 25.3 Å². The second-order valence-corrected chi connectivity index (χ2v) is 4.79. The number of benzene rings is 2. The Hall–Kier alpha value is -1.80. The third-order valence-electron chi connectivity index (χ3n) is 3.25. The third kappa shape index (κ3) is 4.42. The Morgan fingerprint density at radius 3 is 2.21 bits per heavy atom. The first-order valence-electron chi connectivity index (χ1n) is 6.87. The Balaban J connectivity index is 1.91. The lowest BCUT2D eigenvalue weighted by molar-refractivity contribution is 0.160. The lowest BCUT2D eigenvalue weighted by Gasteiger charge is -2.09. The van der Waals surface area contributed by atoms with Gasteiger partial charge in [0.2, 0.25) is 0 Å². The monoisotopic (exact) mass is 255 g/mol. The van der Waals surface area contributed by atoms with Crippen molar-refractivity contribution in [1.82, 2.24) is 0 Å². The fourth-order valence-electron chi connectivity index (χ4n) is 1.98. The summed E-state index contributed by atoms with van der Waals surface area (Å²) in [6.07, 6.45) is 2.41. The van der Waals surface area contributed by atoms with Gasteiger partial charge in [0.1, 0.15) is 0 Å². The molecule has 2 rings (SSSR count). The van der Waals surface area contributed by atoms with Crippen molar-refractivity contribution in [3.05, 3.63) is 60.2 Å². The fraction of sp³-hybridized carbons (Fsp3) is 0.294. The number of hydrogen-bond donors (Lipinski definition) is 2. The molecule has 0 fully saturated rings. The summed E-state index contributed by atoms with van der Waals surface area (Å²) in [6, 6.07) is 18.5. The van der Waals surface area contributed by atoms with Crippen LogP contribution >= 0.6 is 0 Å². The van der Waals surface area contributed by atoms with E-state index in [9.17, 15) is 5.11 Å². The van der Waals surface area contributed by atoms with Gasteiger partial charge in [0.25, 0.3) is 0 Å². The second-order valence-electron chi connectivity index (χ2n) is 4.79. The molecule has 0 aliphatic rings. The number of hydrogen-bond acceptors (Lipinski definition) is 2. The lowest BCUT2D eigenvalue weighted by atomic mass is 10.1. The van der Waals surface area contributed by atoms with Gasteiger partial charge in [0, 0.05) is 11.4 Å². The second kappa shape index (κ2) is 6.95. The molecule has 0 amide bonds. The number of para-hydroxylation sites is 1. The minimum absolute atomic E-state index is 0.179. The van der Waals surface area contributed by atoms with Gasteiger partial charge in [-0.3, -0.25) is 0 Å². The Morgan fingerprint density at radius 2 is 1.58 bits per heavy atom. The van der Waals surface area contributed by atoms with E-state index in [-0.39, 0.29) is 6.10 Å². The quantitative estimate of drug-likeness (QED) is 0.813. The van der Waals surface area contributed by atoms with E-state index in [1.54, 1.807) is 0 Å². The van der Waals surface area contributed by atoms with Gasteiger partial charge < -0.3 is 10.4 Å². The van der Waals surface area contributed by atoms with E-state index in [4.69, 9.17) is 0 Å². The Morgan fingerprint density at radius 1 is 0.947 bits per heavy atom. The smallest absolute Gasteiger partial charge is 0.0540 e. The molecule has 2 aromatic carbocycles. The summed E-state index contributed by atoms with van der Waals surface area (Å²) in [5, 5.41) is 12.9. The van der Waals surface area contributed by atoms with Crippen molar-refractivity contribution >= 4 is 11.4 Å². The summed E-state index contributed by atoms with van der Waals surface area (Å²) >= 11 is 0. The van der Waals surface area contributed by atoms with Gasteiger partial charge in [0.05, 0.1) is 6.10 Å². The zero-order valence-electron chi connectivity index (χ0n) is 11.3. The van der Waals surface area contributed by atoms with E-state index in [2.05, 4.69) is 29.6 Å². The van der Waals surface area contributed by atoms with Gasteiger partial charge in [-0.25, -0.2) is 0 Å². The van der Waals surface area contributed by atoms with Gasteiger partial charge in [0.15, 0.2) is 0 Å². The molecule has 2 N–H and O–H groups in total. The summed E-state index contributed by atoms with van der Waals surface area (Å²) in [6.45, 7) is 2.01. The first-order chi connectivity index (χ1) is 9.28. The van der Waals surface area contributed by atoms with Crippen LogP contribution in [0.4, 0.5) is 11.4 Å². The molecule has 2 nitrogen and oxygen atoms in total. The van der Waals surface area contributed by atoms with Crippen LogP contribution < -0.4 is 5.32 Å². The molecule has 100 valence electrons. The van der Waals surface area contributed by atoms with Gasteiger partial charge in [-0.1, -0.05) is 37.3 Å². The highest BCUT2D eigenvalue weighted by atomic mass is 16.3. The molecule has 1 unspecified atom stereocenters. The first kappa shape index (κ1) is 13.6. The van der Waals surface area contributed by atoms with Crippen LogP contribution in [0.5, 0.6) is 0 Å². The van der Waals surface area contributed by atoms with E-state index in [0.29, 0.717) is 0 Å². The molecule has 0 saturated carbocycles. The molecule has 0 heterocycles. The maximum absolute atomic E-state index is 9.56. The highest BCUT2D eigenvalue weighted by Crippen LogP contribution is 2.17. The van der Waals surface area contributed by atoms with Gasteiger partial charge in [-0.15, -0.1) is 0 Å². The highest BCUT2D eigenvalue weighted by Gasteiger charge is 2.01. The molecular weight excluding hydrogens is 234 g/mol. The van der Waals surface area contributed by atoms with Crippen molar-refractivity contribution in [2.75, 3.05) is 5.32 Å². The SMILES string of the molecule is CCC(O)CCc1ccc(Nc2ccccc2)cc1. The van der Waals surface area contributed by atoms with Crippen LogP contribution in [-0.4, -0.2) is 11.2 Å². The Bertz CT molecular complexity index is 478.